The van der Waals surface area contributed by atoms with Gasteiger partial charge in [0, 0.05) is 56.2 Å². The van der Waals surface area contributed by atoms with Crippen LogP contribution in [-0.4, -0.2) is 62.5 Å². The molecule has 2 aliphatic heterocycles. The van der Waals surface area contributed by atoms with Crippen LogP contribution in [0, 0.1) is 0 Å². The quantitative estimate of drug-likeness (QED) is 0.838. The second-order valence-corrected chi connectivity index (χ2v) is 6.70. The maximum atomic E-state index is 6.11. The van der Waals surface area contributed by atoms with E-state index in [2.05, 4.69) is 25.8 Å². The summed E-state index contributed by atoms with van der Waals surface area (Å²) < 4.78 is 5.42. The summed E-state index contributed by atoms with van der Waals surface area (Å²) in [7, 11) is 0. The first kappa shape index (κ1) is 16.4. The van der Waals surface area contributed by atoms with E-state index in [9.17, 15) is 0 Å². The predicted molar refractivity (Wildman–Crippen MR) is 101 cm³/mol. The predicted octanol–water partition coefficient (Wildman–Crippen LogP) is 2.29. The van der Waals surface area contributed by atoms with Gasteiger partial charge < -0.3 is 19.4 Å². The lowest BCUT2D eigenvalue weighted by molar-refractivity contribution is 0.122. The lowest BCUT2D eigenvalue weighted by Gasteiger charge is -2.36. The van der Waals surface area contributed by atoms with E-state index in [4.69, 9.17) is 21.3 Å². The molecule has 3 heterocycles. The first-order valence-corrected chi connectivity index (χ1v) is 9.08. The molecule has 0 saturated carbocycles. The molecule has 25 heavy (non-hydrogen) atoms. The number of ether oxygens (including phenoxy) is 1. The molecule has 0 spiro atoms. The molecule has 0 amide bonds. The van der Waals surface area contributed by atoms with Crippen molar-refractivity contribution in [2.45, 2.75) is 0 Å². The van der Waals surface area contributed by atoms with Gasteiger partial charge in [-0.1, -0.05) is 17.7 Å². The van der Waals surface area contributed by atoms with E-state index in [1.165, 1.54) is 5.69 Å². The molecular formula is C18H22ClN5O. The van der Waals surface area contributed by atoms with Gasteiger partial charge in [-0.05, 0) is 24.3 Å². The smallest absolute Gasteiger partial charge is 0.227 e. The zero-order valence-electron chi connectivity index (χ0n) is 14.1. The van der Waals surface area contributed by atoms with Gasteiger partial charge in [-0.2, -0.15) is 4.98 Å². The summed E-state index contributed by atoms with van der Waals surface area (Å²) in [6, 6.07) is 10.0. The molecule has 2 saturated heterocycles. The van der Waals surface area contributed by atoms with Crippen LogP contribution >= 0.6 is 11.6 Å². The minimum Gasteiger partial charge on any atom is -0.378 e. The van der Waals surface area contributed by atoms with E-state index >= 15 is 0 Å². The number of hydrogen-bond acceptors (Lipinski definition) is 6. The Kier molecular flexibility index (Phi) is 4.90. The zero-order valence-corrected chi connectivity index (χ0v) is 14.9. The van der Waals surface area contributed by atoms with Crippen molar-refractivity contribution in [3.8, 4) is 0 Å². The molecule has 0 radical (unpaired) electrons. The standard InChI is InChI=1S/C18H22ClN5O/c19-15-2-1-3-16(14-15)22-6-8-24(9-7-22)18-20-5-4-17(21-18)23-10-12-25-13-11-23/h1-5,14H,6-13H2. The van der Waals surface area contributed by atoms with Crippen LogP contribution in [-0.2, 0) is 4.74 Å². The molecule has 1 aromatic heterocycles. The van der Waals surface area contributed by atoms with Crippen molar-refractivity contribution in [2.75, 3.05) is 67.2 Å². The minimum atomic E-state index is 0.762. The van der Waals surface area contributed by atoms with Gasteiger partial charge >= 0.3 is 0 Å². The second-order valence-electron chi connectivity index (χ2n) is 6.27. The number of piperazine rings is 1. The molecule has 7 heteroatoms. The van der Waals surface area contributed by atoms with Gasteiger partial charge in [-0.25, -0.2) is 4.98 Å². The minimum absolute atomic E-state index is 0.762. The molecule has 6 nitrogen and oxygen atoms in total. The van der Waals surface area contributed by atoms with Gasteiger partial charge in [0.25, 0.3) is 0 Å². The van der Waals surface area contributed by atoms with Gasteiger partial charge in [0.2, 0.25) is 5.95 Å². The van der Waals surface area contributed by atoms with Crippen LogP contribution in [0.2, 0.25) is 5.02 Å². The Hall–Kier alpha value is -2.05. The molecule has 4 rings (SSSR count). The molecule has 0 N–H and O–H groups in total. The van der Waals surface area contributed by atoms with Crippen LogP contribution in [0.4, 0.5) is 17.5 Å². The van der Waals surface area contributed by atoms with Crippen LogP contribution in [0.25, 0.3) is 0 Å². The Morgan fingerprint density at radius 1 is 0.880 bits per heavy atom. The van der Waals surface area contributed by atoms with E-state index in [1.54, 1.807) is 0 Å². The topological polar surface area (TPSA) is 44.7 Å². The summed E-state index contributed by atoms with van der Waals surface area (Å²) in [5, 5.41) is 0.779. The number of rotatable bonds is 3. The molecular weight excluding hydrogens is 338 g/mol. The van der Waals surface area contributed by atoms with Crippen molar-refractivity contribution in [3.63, 3.8) is 0 Å². The molecule has 1 aromatic carbocycles. The SMILES string of the molecule is Clc1cccc(N2CCN(c3nccc(N4CCOCC4)n3)CC2)c1. The fourth-order valence-electron chi connectivity index (χ4n) is 3.30. The number of halogens is 1. The normalized spacial score (nSPS) is 18.5. The Morgan fingerprint density at radius 2 is 1.64 bits per heavy atom. The number of aromatic nitrogens is 2. The van der Waals surface area contributed by atoms with Crippen LogP contribution in [0.5, 0.6) is 0 Å². The molecule has 2 fully saturated rings. The van der Waals surface area contributed by atoms with E-state index in [0.717, 1.165) is 69.3 Å². The van der Waals surface area contributed by atoms with Gasteiger partial charge in [-0.3, -0.25) is 0 Å². The lowest BCUT2D eigenvalue weighted by atomic mass is 10.2. The molecule has 2 aliphatic rings. The average molecular weight is 360 g/mol. The van der Waals surface area contributed by atoms with Crippen molar-refractivity contribution in [2.24, 2.45) is 0 Å². The largest absolute Gasteiger partial charge is 0.378 e. The number of hydrogen-bond donors (Lipinski definition) is 0. The maximum Gasteiger partial charge on any atom is 0.227 e. The third-order valence-corrected chi connectivity index (χ3v) is 4.93. The Bertz CT molecular complexity index is 714. The van der Waals surface area contributed by atoms with Gasteiger partial charge in [0.15, 0.2) is 0 Å². The maximum absolute atomic E-state index is 6.11. The van der Waals surface area contributed by atoms with E-state index < -0.39 is 0 Å². The summed E-state index contributed by atoms with van der Waals surface area (Å²) in [4.78, 5) is 16.1. The highest BCUT2D eigenvalue weighted by atomic mass is 35.5. The zero-order chi connectivity index (χ0) is 17.1. The first-order chi connectivity index (χ1) is 12.3. The second kappa shape index (κ2) is 7.45. The summed E-state index contributed by atoms with van der Waals surface area (Å²) in [5.74, 6) is 1.81. The van der Waals surface area contributed by atoms with Gasteiger partial charge in [0.1, 0.15) is 5.82 Å². The van der Waals surface area contributed by atoms with Crippen molar-refractivity contribution in [3.05, 3.63) is 41.6 Å². The molecule has 0 bridgehead atoms. The molecule has 0 atom stereocenters. The summed E-state index contributed by atoms with van der Waals surface area (Å²) in [6.45, 7) is 6.97. The molecule has 2 aromatic rings. The van der Waals surface area contributed by atoms with Crippen molar-refractivity contribution >= 4 is 29.1 Å². The van der Waals surface area contributed by atoms with Crippen LogP contribution < -0.4 is 14.7 Å². The Morgan fingerprint density at radius 3 is 2.40 bits per heavy atom. The van der Waals surface area contributed by atoms with Gasteiger partial charge in [-0.15, -0.1) is 0 Å². The van der Waals surface area contributed by atoms with Crippen molar-refractivity contribution in [1.29, 1.82) is 0 Å². The summed E-state index contributed by atoms with van der Waals surface area (Å²) >= 11 is 6.11. The van der Waals surface area contributed by atoms with E-state index in [0.29, 0.717) is 0 Å². The fraction of sp³-hybridized carbons (Fsp3) is 0.444. The highest BCUT2D eigenvalue weighted by Crippen LogP contribution is 2.22. The molecule has 132 valence electrons. The molecule has 0 unspecified atom stereocenters. The monoisotopic (exact) mass is 359 g/mol. The highest BCUT2D eigenvalue weighted by molar-refractivity contribution is 6.30. The van der Waals surface area contributed by atoms with E-state index in [1.807, 2.05) is 30.5 Å². The average Bonchev–Trinajstić information content (AvgIpc) is 2.69. The number of nitrogens with zero attached hydrogens (tertiary/aromatic N) is 5. The van der Waals surface area contributed by atoms with Crippen LogP contribution in [0.1, 0.15) is 0 Å². The summed E-state index contributed by atoms with van der Waals surface area (Å²) in [5.41, 5.74) is 1.18. The number of anilines is 3. The first-order valence-electron chi connectivity index (χ1n) is 8.71. The summed E-state index contributed by atoms with van der Waals surface area (Å²) in [6.07, 6.45) is 1.86. The van der Waals surface area contributed by atoms with Crippen LogP contribution in [0.3, 0.4) is 0 Å². The van der Waals surface area contributed by atoms with Gasteiger partial charge in [0.05, 0.1) is 13.2 Å². The lowest BCUT2D eigenvalue weighted by Crippen LogP contribution is -2.47. The Labute approximate surface area is 153 Å². The van der Waals surface area contributed by atoms with E-state index in [-0.39, 0.29) is 0 Å². The Balaban J connectivity index is 1.42. The number of benzene rings is 1. The highest BCUT2D eigenvalue weighted by Gasteiger charge is 2.21. The van der Waals surface area contributed by atoms with Crippen molar-refractivity contribution < 1.29 is 4.74 Å². The van der Waals surface area contributed by atoms with Crippen LogP contribution in [0.15, 0.2) is 36.5 Å². The number of morpholine rings is 1. The molecule has 0 aliphatic carbocycles. The third-order valence-electron chi connectivity index (χ3n) is 4.70. The fourth-order valence-corrected chi connectivity index (χ4v) is 3.48. The van der Waals surface area contributed by atoms with Crippen molar-refractivity contribution in [1.82, 2.24) is 9.97 Å². The third kappa shape index (κ3) is 3.80.